The maximum Gasteiger partial charge on any atom is 0.312 e. The Hall–Kier alpha value is -0.590. The van der Waals surface area contributed by atoms with Gasteiger partial charge in [-0.3, -0.25) is 4.79 Å². The predicted molar refractivity (Wildman–Crippen MR) is 85.4 cm³/mol. The van der Waals surface area contributed by atoms with Crippen LogP contribution >= 0.6 is 27.5 Å². The number of hydrogen-bond donors (Lipinski definition) is 0. The quantitative estimate of drug-likeness (QED) is 0.562. The minimum Gasteiger partial charge on any atom is -0.425 e. The van der Waals surface area contributed by atoms with Crippen molar-refractivity contribution in [3.05, 3.63) is 27.7 Å². The van der Waals surface area contributed by atoms with Crippen LogP contribution in [-0.4, -0.2) is 25.4 Å². The summed E-state index contributed by atoms with van der Waals surface area (Å²) >= 11 is 9.04. The van der Waals surface area contributed by atoms with Gasteiger partial charge in [-0.05, 0) is 47.0 Å². The number of ether oxygens (including phenoxy) is 1. The molecule has 2 rings (SSSR count). The topological polar surface area (TPSA) is 60.4 Å². The molecular weight excluding hydrogens is 380 g/mol. The van der Waals surface area contributed by atoms with Crippen molar-refractivity contribution in [1.82, 2.24) is 0 Å². The highest BCUT2D eigenvalue weighted by Gasteiger charge is 2.29. The molecule has 1 aromatic rings. The monoisotopic (exact) mass is 394 g/mol. The maximum atomic E-state index is 12.1. The van der Waals surface area contributed by atoms with E-state index < -0.39 is 15.8 Å². The zero-order valence-electron chi connectivity index (χ0n) is 11.3. The third-order valence-electron chi connectivity index (χ3n) is 3.52. The molecule has 4 nitrogen and oxygen atoms in total. The van der Waals surface area contributed by atoms with Gasteiger partial charge in [0, 0.05) is 5.02 Å². The van der Waals surface area contributed by atoms with Crippen LogP contribution in [0.1, 0.15) is 32.1 Å². The van der Waals surface area contributed by atoms with Gasteiger partial charge in [-0.15, -0.1) is 0 Å². The highest BCUT2D eigenvalue weighted by atomic mass is 79.9. The second-order valence-corrected chi connectivity index (χ2v) is 8.76. The summed E-state index contributed by atoms with van der Waals surface area (Å²) in [6.45, 7) is 0. The fraction of sp³-hybridized carbons (Fsp3) is 0.500. The Morgan fingerprint density at radius 3 is 2.62 bits per heavy atom. The number of carbonyl (C=O) groups is 1. The van der Waals surface area contributed by atoms with Gasteiger partial charge >= 0.3 is 5.97 Å². The van der Waals surface area contributed by atoms with Crippen LogP contribution in [0.25, 0.3) is 0 Å². The zero-order chi connectivity index (χ0) is 15.5. The molecule has 0 amide bonds. The van der Waals surface area contributed by atoms with Crippen molar-refractivity contribution in [2.45, 2.75) is 37.4 Å². The van der Waals surface area contributed by atoms with E-state index >= 15 is 0 Å². The van der Waals surface area contributed by atoms with Gasteiger partial charge in [0.1, 0.15) is 5.75 Å². The summed E-state index contributed by atoms with van der Waals surface area (Å²) in [5, 5.41) is 0.234. The van der Waals surface area contributed by atoms with E-state index in [4.69, 9.17) is 16.3 Å². The molecule has 7 heteroatoms. The highest BCUT2D eigenvalue weighted by Crippen LogP contribution is 2.29. The van der Waals surface area contributed by atoms with E-state index in [1.54, 1.807) is 18.2 Å². The van der Waals surface area contributed by atoms with Crippen LogP contribution in [0.15, 0.2) is 22.7 Å². The van der Waals surface area contributed by atoms with Gasteiger partial charge in [0.05, 0.1) is 21.9 Å². The predicted octanol–water partition coefficient (Wildman–Crippen LogP) is 3.76. The van der Waals surface area contributed by atoms with Crippen LogP contribution in [0.4, 0.5) is 0 Å². The first-order valence-corrected chi connectivity index (χ1v) is 9.64. The van der Waals surface area contributed by atoms with E-state index in [0.29, 0.717) is 28.1 Å². The van der Waals surface area contributed by atoms with Gasteiger partial charge in [0.2, 0.25) is 0 Å². The Bertz CT molecular complexity index is 624. The number of sulfone groups is 1. The second kappa shape index (κ2) is 7.11. The van der Waals surface area contributed by atoms with Crippen molar-refractivity contribution < 1.29 is 17.9 Å². The summed E-state index contributed by atoms with van der Waals surface area (Å²) in [6, 6.07) is 4.78. The van der Waals surface area contributed by atoms with E-state index in [1.807, 2.05) is 0 Å². The lowest BCUT2D eigenvalue weighted by Crippen LogP contribution is -2.23. The van der Waals surface area contributed by atoms with Crippen molar-refractivity contribution in [3.8, 4) is 5.75 Å². The molecule has 21 heavy (non-hydrogen) atoms. The number of hydrogen-bond acceptors (Lipinski definition) is 4. The zero-order valence-corrected chi connectivity index (χ0v) is 14.5. The molecule has 1 aliphatic carbocycles. The van der Waals surface area contributed by atoms with Gasteiger partial charge in [0.15, 0.2) is 9.84 Å². The van der Waals surface area contributed by atoms with Crippen molar-refractivity contribution in [3.63, 3.8) is 0 Å². The molecule has 116 valence electrons. The van der Waals surface area contributed by atoms with Crippen LogP contribution in [-0.2, 0) is 14.6 Å². The first kappa shape index (κ1) is 16.8. The van der Waals surface area contributed by atoms with Gasteiger partial charge < -0.3 is 4.74 Å². The summed E-state index contributed by atoms with van der Waals surface area (Å²) in [5.74, 6) is -0.371. The van der Waals surface area contributed by atoms with Crippen molar-refractivity contribution in [1.29, 1.82) is 0 Å². The Morgan fingerprint density at radius 1 is 1.33 bits per heavy atom. The smallest absolute Gasteiger partial charge is 0.312 e. The Kier molecular flexibility index (Phi) is 5.68. The number of carbonyl (C=O) groups excluding carboxylic acids is 1. The number of rotatable bonds is 5. The Morgan fingerprint density at radius 2 is 2.00 bits per heavy atom. The molecule has 1 saturated carbocycles. The molecule has 0 unspecified atom stereocenters. The lowest BCUT2D eigenvalue weighted by molar-refractivity contribution is -0.133. The van der Waals surface area contributed by atoms with E-state index in [9.17, 15) is 13.2 Å². The average molecular weight is 396 g/mol. The first-order valence-electron chi connectivity index (χ1n) is 6.76. The van der Waals surface area contributed by atoms with E-state index in [2.05, 4.69) is 15.9 Å². The summed E-state index contributed by atoms with van der Waals surface area (Å²) in [6.07, 6.45) is 3.19. The largest absolute Gasteiger partial charge is 0.425 e. The molecular formula is C14H16BrClO4S. The molecule has 0 atom stereocenters. The van der Waals surface area contributed by atoms with Crippen molar-refractivity contribution in [2.75, 3.05) is 5.75 Å². The first-order chi connectivity index (χ1) is 9.88. The fourth-order valence-corrected chi connectivity index (χ4v) is 4.97. The van der Waals surface area contributed by atoms with Gasteiger partial charge in [-0.25, -0.2) is 8.42 Å². The minimum atomic E-state index is -3.20. The van der Waals surface area contributed by atoms with Crippen LogP contribution in [0.3, 0.4) is 0 Å². The van der Waals surface area contributed by atoms with Gasteiger partial charge in [-0.1, -0.05) is 24.4 Å². The lowest BCUT2D eigenvalue weighted by atomic mass is 10.3. The molecule has 0 heterocycles. The highest BCUT2D eigenvalue weighted by molar-refractivity contribution is 9.10. The summed E-state index contributed by atoms with van der Waals surface area (Å²) < 4.78 is 29.8. The number of halogens is 2. The van der Waals surface area contributed by atoms with E-state index in [1.165, 1.54) is 0 Å². The normalized spacial score (nSPS) is 16.1. The molecule has 0 N–H and O–H groups in total. The Labute approximate surface area is 137 Å². The third kappa shape index (κ3) is 4.69. The molecule has 0 aromatic heterocycles. The number of benzene rings is 1. The fourth-order valence-electron chi connectivity index (χ4n) is 2.37. The van der Waals surface area contributed by atoms with Crippen LogP contribution in [0.5, 0.6) is 5.75 Å². The third-order valence-corrected chi connectivity index (χ3v) is 6.63. The molecule has 0 saturated heterocycles. The molecule has 0 aliphatic heterocycles. The van der Waals surface area contributed by atoms with Crippen molar-refractivity contribution in [2.24, 2.45) is 0 Å². The molecule has 1 aromatic carbocycles. The van der Waals surface area contributed by atoms with Crippen LogP contribution < -0.4 is 4.74 Å². The molecule has 1 aliphatic rings. The Balaban J connectivity index is 1.90. The lowest BCUT2D eigenvalue weighted by Gasteiger charge is -2.11. The molecule has 0 radical (unpaired) electrons. The standard InChI is InChI=1S/C14H16BrClO4S/c15-12-9-10(16)5-6-13(12)20-14(17)7-8-21(18,19)11-3-1-2-4-11/h5-6,9,11H,1-4,7-8H2. The molecule has 1 fully saturated rings. The average Bonchev–Trinajstić information content (AvgIpc) is 2.95. The van der Waals surface area contributed by atoms with Gasteiger partial charge in [0.25, 0.3) is 0 Å². The van der Waals surface area contributed by atoms with E-state index in [0.717, 1.165) is 12.8 Å². The molecule has 0 spiro atoms. The molecule has 0 bridgehead atoms. The van der Waals surface area contributed by atoms with Crippen LogP contribution in [0, 0.1) is 0 Å². The SMILES string of the molecule is O=C(CCS(=O)(=O)C1CCCC1)Oc1ccc(Cl)cc1Br. The van der Waals surface area contributed by atoms with Gasteiger partial charge in [-0.2, -0.15) is 0 Å². The minimum absolute atomic E-state index is 0.131. The van der Waals surface area contributed by atoms with Crippen molar-refractivity contribution >= 4 is 43.3 Å². The summed E-state index contributed by atoms with van der Waals surface area (Å²) in [4.78, 5) is 11.8. The second-order valence-electron chi connectivity index (χ2n) is 5.07. The summed E-state index contributed by atoms with van der Waals surface area (Å²) in [7, 11) is -3.20. The number of esters is 1. The van der Waals surface area contributed by atoms with Crippen LogP contribution in [0.2, 0.25) is 5.02 Å². The van der Waals surface area contributed by atoms with E-state index in [-0.39, 0.29) is 17.4 Å². The maximum absolute atomic E-state index is 12.1. The summed E-state index contributed by atoms with van der Waals surface area (Å²) in [5.41, 5.74) is 0.